The first-order valence-corrected chi connectivity index (χ1v) is 4.69. The molecule has 0 saturated carbocycles. The fraction of sp³-hybridized carbons (Fsp3) is 0.273. The molecule has 0 spiro atoms. The van der Waals surface area contributed by atoms with E-state index >= 15 is 0 Å². The van der Waals surface area contributed by atoms with E-state index in [0.717, 1.165) is 6.07 Å². The SMILES string of the molecule is C=C[C@H](N)c1ccc(OC(F)(F)F)cc1OC.Cl. The van der Waals surface area contributed by atoms with E-state index in [0.29, 0.717) is 5.56 Å². The zero-order chi connectivity index (χ0) is 13.1. The summed E-state index contributed by atoms with van der Waals surface area (Å²) in [7, 11) is 1.34. The normalized spacial score (nSPS) is 12.3. The molecule has 3 nitrogen and oxygen atoms in total. The molecule has 0 aliphatic rings. The Kier molecular flexibility index (Phi) is 6.00. The minimum atomic E-state index is -4.73. The molecule has 2 N–H and O–H groups in total. The third-order valence-corrected chi connectivity index (χ3v) is 2.05. The fourth-order valence-corrected chi connectivity index (χ4v) is 1.29. The maximum Gasteiger partial charge on any atom is 0.573 e. The molecule has 102 valence electrons. The Labute approximate surface area is 109 Å². The third-order valence-electron chi connectivity index (χ3n) is 2.05. The van der Waals surface area contributed by atoms with Gasteiger partial charge in [-0.05, 0) is 12.1 Å². The summed E-state index contributed by atoms with van der Waals surface area (Å²) in [6.07, 6.45) is -3.27. The van der Waals surface area contributed by atoms with Crippen LogP contribution in [-0.2, 0) is 0 Å². The van der Waals surface area contributed by atoms with Gasteiger partial charge in [0.25, 0.3) is 0 Å². The number of ether oxygens (including phenoxy) is 2. The van der Waals surface area contributed by atoms with Crippen LogP contribution in [0.3, 0.4) is 0 Å². The van der Waals surface area contributed by atoms with E-state index in [1.54, 1.807) is 0 Å². The first-order chi connectivity index (χ1) is 7.87. The van der Waals surface area contributed by atoms with Crippen LogP contribution in [0.4, 0.5) is 13.2 Å². The highest BCUT2D eigenvalue weighted by Crippen LogP contribution is 2.31. The van der Waals surface area contributed by atoms with Gasteiger partial charge in [0.15, 0.2) is 0 Å². The molecule has 7 heteroatoms. The Hall–Kier alpha value is -1.40. The average molecular weight is 284 g/mol. The number of methoxy groups -OCH3 is 1. The van der Waals surface area contributed by atoms with Crippen molar-refractivity contribution >= 4 is 12.4 Å². The molecule has 1 rings (SSSR count). The Morgan fingerprint density at radius 3 is 2.44 bits per heavy atom. The molecule has 1 aromatic carbocycles. The van der Waals surface area contributed by atoms with E-state index in [2.05, 4.69) is 11.3 Å². The summed E-state index contributed by atoms with van der Waals surface area (Å²) in [5.74, 6) is -0.131. The molecule has 0 saturated heterocycles. The number of nitrogens with two attached hydrogens (primary N) is 1. The van der Waals surface area contributed by atoms with E-state index in [1.165, 1.54) is 25.3 Å². The van der Waals surface area contributed by atoms with E-state index in [4.69, 9.17) is 10.5 Å². The molecule has 0 aliphatic carbocycles. The van der Waals surface area contributed by atoms with Crippen molar-refractivity contribution in [2.75, 3.05) is 7.11 Å². The van der Waals surface area contributed by atoms with Crippen molar-refractivity contribution in [2.24, 2.45) is 5.73 Å². The van der Waals surface area contributed by atoms with Crippen molar-refractivity contribution in [3.8, 4) is 11.5 Å². The largest absolute Gasteiger partial charge is 0.573 e. The van der Waals surface area contributed by atoms with Gasteiger partial charge in [-0.1, -0.05) is 6.08 Å². The molecule has 0 aromatic heterocycles. The Morgan fingerprint density at radius 1 is 1.39 bits per heavy atom. The molecule has 0 unspecified atom stereocenters. The lowest BCUT2D eigenvalue weighted by molar-refractivity contribution is -0.274. The number of alkyl halides is 3. The van der Waals surface area contributed by atoms with Crippen LogP contribution < -0.4 is 15.2 Å². The highest BCUT2D eigenvalue weighted by Gasteiger charge is 2.31. The van der Waals surface area contributed by atoms with Crippen LogP contribution in [0.15, 0.2) is 30.9 Å². The van der Waals surface area contributed by atoms with Crippen molar-refractivity contribution in [1.82, 2.24) is 0 Å². The summed E-state index contributed by atoms with van der Waals surface area (Å²) < 4.78 is 44.7. The zero-order valence-electron chi connectivity index (χ0n) is 9.53. The molecule has 0 amide bonds. The lowest BCUT2D eigenvalue weighted by Gasteiger charge is -2.15. The van der Waals surface area contributed by atoms with Crippen molar-refractivity contribution < 1.29 is 22.6 Å². The monoisotopic (exact) mass is 283 g/mol. The highest BCUT2D eigenvalue weighted by atomic mass is 35.5. The van der Waals surface area contributed by atoms with Crippen molar-refractivity contribution in [3.63, 3.8) is 0 Å². The molecule has 0 fully saturated rings. The Bertz CT molecular complexity index is 410. The Morgan fingerprint density at radius 2 is 2.00 bits per heavy atom. The van der Waals surface area contributed by atoms with Crippen LogP contribution >= 0.6 is 12.4 Å². The summed E-state index contributed by atoms with van der Waals surface area (Å²) >= 11 is 0. The van der Waals surface area contributed by atoms with Crippen molar-refractivity contribution in [2.45, 2.75) is 12.4 Å². The topological polar surface area (TPSA) is 44.5 Å². The number of hydrogen-bond donors (Lipinski definition) is 1. The lowest BCUT2D eigenvalue weighted by Crippen LogP contribution is -2.17. The van der Waals surface area contributed by atoms with E-state index in [-0.39, 0.29) is 23.9 Å². The van der Waals surface area contributed by atoms with Crippen LogP contribution in [0, 0.1) is 0 Å². The molecule has 0 bridgehead atoms. The minimum Gasteiger partial charge on any atom is -0.496 e. The summed E-state index contributed by atoms with van der Waals surface area (Å²) in [6.45, 7) is 3.50. The van der Waals surface area contributed by atoms with E-state index < -0.39 is 12.4 Å². The first-order valence-electron chi connectivity index (χ1n) is 4.69. The molecular weight excluding hydrogens is 271 g/mol. The fourth-order valence-electron chi connectivity index (χ4n) is 1.29. The predicted molar refractivity (Wildman–Crippen MR) is 64.1 cm³/mol. The van der Waals surface area contributed by atoms with Crippen LogP contribution in [0.2, 0.25) is 0 Å². The smallest absolute Gasteiger partial charge is 0.496 e. The second-order valence-electron chi connectivity index (χ2n) is 3.21. The van der Waals surface area contributed by atoms with Crippen LogP contribution in [0.1, 0.15) is 11.6 Å². The van der Waals surface area contributed by atoms with Crippen LogP contribution in [-0.4, -0.2) is 13.5 Å². The van der Waals surface area contributed by atoms with Gasteiger partial charge in [-0.3, -0.25) is 0 Å². The van der Waals surface area contributed by atoms with Gasteiger partial charge in [-0.15, -0.1) is 32.2 Å². The zero-order valence-corrected chi connectivity index (χ0v) is 10.3. The second-order valence-corrected chi connectivity index (χ2v) is 3.21. The van der Waals surface area contributed by atoms with Gasteiger partial charge >= 0.3 is 6.36 Å². The van der Waals surface area contributed by atoms with Gasteiger partial charge in [0.05, 0.1) is 13.2 Å². The molecular formula is C11H13ClF3NO2. The van der Waals surface area contributed by atoms with Gasteiger partial charge in [-0.2, -0.15) is 0 Å². The van der Waals surface area contributed by atoms with Gasteiger partial charge in [0.2, 0.25) is 0 Å². The quantitative estimate of drug-likeness (QED) is 0.863. The van der Waals surface area contributed by atoms with E-state index in [1.807, 2.05) is 0 Å². The van der Waals surface area contributed by atoms with Gasteiger partial charge in [0, 0.05) is 11.6 Å². The van der Waals surface area contributed by atoms with Gasteiger partial charge in [0.1, 0.15) is 11.5 Å². The summed E-state index contributed by atoms with van der Waals surface area (Å²) in [5.41, 5.74) is 6.23. The standard InChI is InChI=1S/C11H12F3NO2.ClH/c1-3-9(15)8-5-4-7(6-10(8)16-2)17-11(12,13)14;/h3-6,9H,1,15H2,2H3;1H/t9-;/m0./s1. The Balaban J connectivity index is 0.00000289. The van der Waals surface area contributed by atoms with Gasteiger partial charge in [-0.25, -0.2) is 0 Å². The van der Waals surface area contributed by atoms with Crippen LogP contribution in [0.25, 0.3) is 0 Å². The highest BCUT2D eigenvalue weighted by molar-refractivity contribution is 5.85. The number of hydrogen-bond acceptors (Lipinski definition) is 3. The number of benzene rings is 1. The second kappa shape index (κ2) is 6.51. The summed E-state index contributed by atoms with van der Waals surface area (Å²) in [4.78, 5) is 0. The number of halogens is 4. The molecule has 0 radical (unpaired) electrons. The first kappa shape index (κ1) is 16.6. The average Bonchev–Trinajstić information content (AvgIpc) is 2.25. The van der Waals surface area contributed by atoms with Crippen molar-refractivity contribution in [1.29, 1.82) is 0 Å². The minimum absolute atomic E-state index is 0. The van der Waals surface area contributed by atoms with Crippen LogP contribution in [0.5, 0.6) is 11.5 Å². The molecule has 18 heavy (non-hydrogen) atoms. The predicted octanol–water partition coefficient (Wildman–Crippen LogP) is 3.20. The maximum absolute atomic E-state index is 12.0. The molecule has 0 aliphatic heterocycles. The summed E-state index contributed by atoms with van der Waals surface area (Å²) in [6, 6.07) is 3.21. The van der Waals surface area contributed by atoms with E-state index in [9.17, 15) is 13.2 Å². The number of rotatable bonds is 4. The van der Waals surface area contributed by atoms with Gasteiger partial charge < -0.3 is 15.2 Å². The molecule has 0 heterocycles. The lowest BCUT2D eigenvalue weighted by atomic mass is 10.1. The molecule has 1 aromatic rings. The third kappa shape index (κ3) is 4.46. The summed E-state index contributed by atoms with van der Waals surface area (Å²) in [5, 5.41) is 0. The maximum atomic E-state index is 12.0. The molecule has 1 atom stereocenters. The van der Waals surface area contributed by atoms with Crippen molar-refractivity contribution in [3.05, 3.63) is 36.4 Å².